The van der Waals surface area contributed by atoms with Crippen molar-refractivity contribution in [1.82, 2.24) is 19.4 Å². The van der Waals surface area contributed by atoms with E-state index in [2.05, 4.69) is 10.2 Å². The van der Waals surface area contributed by atoms with Gasteiger partial charge in [-0.3, -0.25) is 9.89 Å². The first-order valence-corrected chi connectivity index (χ1v) is 11.4. The standard InChI is InChI=1S/C19H23ClN4O3S/c20-15-5-7-16(8-6-15)28(26,27)24-11-3-4-14(13-24)18-17(12-21-22-18)19(25)23-9-1-2-10-23/h5-8,12,14H,1-4,9-11,13H2,(H,21,22)/t14-/m1/s1. The Bertz CT molecular complexity index is 952. The van der Waals surface area contributed by atoms with Crippen molar-refractivity contribution in [1.29, 1.82) is 0 Å². The van der Waals surface area contributed by atoms with Crippen LogP contribution in [-0.4, -0.2) is 59.9 Å². The molecule has 0 saturated carbocycles. The number of amides is 1. The van der Waals surface area contributed by atoms with Gasteiger partial charge in [-0.05, 0) is 49.9 Å². The molecule has 1 N–H and O–H groups in total. The van der Waals surface area contributed by atoms with Gasteiger partial charge in [0.15, 0.2) is 0 Å². The molecule has 0 aliphatic carbocycles. The Balaban J connectivity index is 1.56. The predicted molar refractivity (Wildman–Crippen MR) is 106 cm³/mol. The van der Waals surface area contributed by atoms with Crippen LogP contribution in [0.25, 0.3) is 0 Å². The summed E-state index contributed by atoms with van der Waals surface area (Å²) < 4.78 is 27.5. The van der Waals surface area contributed by atoms with E-state index >= 15 is 0 Å². The summed E-state index contributed by atoms with van der Waals surface area (Å²) in [6.45, 7) is 2.33. The summed E-state index contributed by atoms with van der Waals surface area (Å²) >= 11 is 5.88. The second-order valence-electron chi connectivity index (χ2n) is 7.35. The molecular weight excluding hydrogens is 400 g/mol. The Morgan fingerprint density at radius 2 is 1.82 bits per heavy atom. The summed E-state index contributed by atoms with van der Waals surface area (Å²) in [6, 6.07) is 6.22. The van der Waals surface area contributed by atoms with Crippen molar-refractivity contribution in [3.05, 3.63) is 46.7 Å². The van der Waals surface area contributed by atoms with E-state index in [-0.39, 0.29) is 16.7 Å². The maximum atomic E-state index is 13.0. The lowest BCUT2D eigenvalue weighted by atomic mass is 9.93. The number of hydrogen-bond acceptors (Lipinski definition) is 4. The Kier molecular flexibility index (Phi) is 5.44. The number of halogens is 1. The zero-order valence-electron chi connectivity index (χ0n) is 15.5. The highest BCUT2D eigenvalue weighted by Gasteiger charge is 2.34. The van der Waals surface area contributed by atoms with Crippen LogP contribution in [0.3, 0.4) is 0 Å². The zero-order chi connectivity index (χ0) is 19.7. The minimum atomic E-state index is -3.61. The summed E-state index contributed by atoms with van der Waals surface area (Å²) in [5, 5.41) is 7.55. The molecule has 1 atom stereocenters. The molecule has 28 heavy (non-hydrogen) atoms. The molecule has 1 amide bonds. The highest BCUT2D eigenvalue weighted by atomic mass is 35.5. The van der Waals surface area contributed by atoms with Gasteiger partial charge in [-0.1, -0.05) is 11.6 Å². The number of hydrogen-bond donors (Lipinski definition) is 1. The molecule has 7 nitrogen and oxygen atoms in total. The van der Waals surface area contributed by atoms with Gasteiger partial charge in [0, 0.05) is 37.1 Å². The third-order valence-electron chi connectivity index (χ3n) is 5.54. The molecule has 4 rings (SSSR count). The van der Waals surface area contributed by atoms with Gasteiger partial charge in [-0.15, -0.1) is 0 Å². The van der Waals surface area contributed by atoms with E-state index in [4.69, 9.17) is 11.6 Å². The predicted octanol–water partition coefficient (Wildman–Crippen LogP) is 2.87. The maximum absolute atomic E-state index is 13.0. The first kappa shape index (κ1) is 19.4. The molecule has 0 radical (unpaired) electrons. The fourth-order valence-corrected chi connectivity index (χ4v) is 5.67. The molecule has 150 valence electrons. The van der Waals surface area contributed by atoms with E-state index in [0.29, 0.717) is 23.7 Å². The van der Waals surface area contributed by atoms with Gasteiger partial charge in [0.25, 0.3) is 5.91 Å². The van der Waals surface area contributed by atoms with Crippen LogP contribution in [0, 0.1) is 0 Å². The third-order valence-corrected chi connectivity index (χ3v) is 7.67. The van der Waals surface area contributed by atoms with Crippen molar-refractivity contribution in [2.24, 2.45) is 0 Å². The third kappa shape index (κ3) is 3.68. The minimum Gasteiger partial charge on any atom is -0.339 e. The van der Waals surface area contributed by atoms with Crippen molar-refractivity contribution in [3.8, 4) is 0 Å². The van der Waals surface area contributed by atoms with E-state index < -0.39 is 10.0 Å². The van der Waals surface area contributed by atoms with Crippen LogP contribution in [0.1, 0.15) is 47.7 Å². The molecule has 2 fully saturated rings. The number of H-pyrrole nitrogens is 1. The van der Waals surface area contributed by atoms with Gasteiger partial charge in [0.1, 0.15) is 0 Å². The maximum Gasteiger partial charge on any atom is 0.257 e. The summed E-state index contributed by atoms with van der Waals surface area (Å²) in [5.41, 5.74) is 1.31. The second kappa shape index (κ2) is 7.85. The number of carbonyl (C=O) groups excluding carboxylic acids is 1. The first-order chi connectivity index (χ1) is 13.5. The smallest absolute Gasteiger partial charge is 0.257 e. The van der Waals surface area contributed by atoms with Crippen LogP contribution < -0.4 is 0 Å². The highest BCUT2D eigenvalue weighted by Crippen LogP contribution is 2.32. The molecule has 2 saturated heterocycles. The van der Waals surface area contributed by atoms with E-state index in [0.717, 1.165) is 44.5 Å². The number of benzene rings is 1. The molecule has 0 unspecified atom stereocenters. The zero-order valence-corrected chi connectivity index (χ0v) is 17.0. The van der Waals surface area contributed by atoms with Crippen molar-refractivity contribution in [2.75, 3.05) is 26.2 Å². The number of aromatic nitrogens is 2. The summed E-state index contributed by atoms with van der Waals surface area (Å²) in [6.07, 6.45) is 5.16. The van der Waals surface area contributed by atoms with Crippen molar-refractivity contribution in [3.63, 3.8) is 0 Å². The highest BCUT2D eigenvalue weighted by molar-refractivity contribution is 7.89. The number of nitrogens with zero attached hydrogens (tertiary/aromatic N) is 3. The van der Waals surface area contributed by atoms with Crippen LogP contribution in [0.5, 0.6) is 0 Å². The fraction of sp³-hybridized carbons (Fsp3) is 0.474. The van der Waals surface area contributed by atoms with Gasteiger partial charge in [0.2, 0.25) is 10.0 Å². The number of carbonyl (C=O) groups is 1. The molecule has 3 heterocycles. The Morgan fingerprint density at radius 3 is 2.54 bits per heavy atom. The van der Waals surface area contributed by atoms with Gasteiger partial charge < -0.3 is 4.90 Å². The van der Waals surface area contributed by atoms with E-state index in [9.17, 15) is 13.2 Å². The summed E-state index contributed by atoms with van der Waals surface area (Å²) in [5.74, 6) is -0.0983. The van der Waals surface area contributed by atoms with Gasteiger partial charge in [0.05, 0.1) is 22.3 Å². The molecule has 0 bridgehead atoms. The quantitative estimate of drug-likeness (QED) is 0.820. The van der Waals surface area contributed by atoms with Crippen LogP contribution in [0.4, 0.5) is 0 Å². The fourth-order valence-electron chi connectivity index (χ4n) is 4.02. The first-order valence-electron chi connectivity index (χ1n) is 9.55. The average Bonchev–Trinajstić information content (AvgIpc) is 3.40. The number of likely N-dealkylation sites (tertiary alicyclic amines) is 1. The van der Waals surface area contributed by atoms with E-state index in [1.807, 2.05) is 4.90 Å². The Hall–Kier alpha value is -1.90. The summed E-state index contributed by atoms with van der Waals surface area (Å²) in [7, 11) is -3.61. The molecule has 2 aromatic rings. The number of piperidine rings is 1. The molecule has 9 heteroatoms. The van der Waals surface area contributed by atoms with Crippen LogP contribution in [0.15, 0.2) is 35.4 Å². The lowest BCUT2D eigenvalue weighted by Crippen LogP contribution is -2.39. The van der Waals surface area contributed by atoms with Crippen LogP contribution >= 0.6 is 11.6 Å². The van der Waals surface area contributed by atoms with Gasteiger partial charge >= 0.3 is 0 Å². The SMILES string of the molecule is O=C(c1cn[nH]c1[C@@H]1CCCN(S(=O)(=O)c2ccc(Cl)cc2)C1)N1CCCC1. The van der Waals surface area contributed by atoms with Gasteiger partial charge in [-0.25, -0.2) is 8.42 Å². The summed E-state index contributed by atoms with van der Waals surface area (Å²) in [4.78, 5) is 14.9. The lowest BCUT2D eigenvalue weighted by Gasteiger charge is -2.32. The van der Waals surface area contributed by atoms with Crippen molar-refractivity contribution in [2.45, 2.75) is 36.5 Å². The number of nitrogens with one attached hydrogen (secondary N) is 1. The van der Waals surface area contributed by atoms with E-state index in [1.165, 1.54) is 16.4 Å². The monoisotopic (exact) mass is 422 g/mol. The molecular formula is C19H23ClN4O3S. The molecule has 2 aliphatic rings. The number of aromatic amines is 1. The van der Waals surface area contributed by atoms with Crippen molar-refractivity contribution < 1.29 is 13.2 Å². The minimum absolute atomic E-state index is 0.0149. The number of sulfonamides is 1. The van der Waals surface area contributed by atoms with Crippen LogP contribution in [0.2, 0.25) is 5.02 Å². The lowest BCUT2D eigenvalue weighted by molar-refractivity contribution is 0.0791. The Morgan fingerprint density at radius 1 is 1.11 bits per heavy atom. The molecule has 1 aromatic carbocycles. The van der Waals surface area contributed by atoms with E-state index in [1.54, 1.807) is 18.3 Å². The van der Waals surface area contributed by atoms with Crippen molar-refractivity contribution >= 4 is 27.5 Å². The number of rotatable bonds is 4. The molecule has 1 aromatic heterocycles. The largest absolute Gasteiger partial charge is 0.339 e. The van der Waals surface area contributed by atoms with Gasteiger partial charge in [-0.2, -0.15) is 9.40 Å². The van der Waals surface area contributed by atoms with Crippen LogP contribution in [-0.2, 0) is 10.0 Å². The molecule has 2 aliphatic heterocycles. The topological polar surface area (TPSA) is 86.4 Å². The normalized spacial score (nSPS) is 21.2. The molecule has 0 spiro atoms. The second-order valence-corrected chi connectivity index (χ2v) is 9.73. The Labute approximate surface area is 169 Å². The average molecular weight is 423 g/mol.